The maximum atomic E-state index is 13.1. The minimum Gasteiger partial charge on any atom is -0.351 e. The average Bonchev–Trinajstić information content (AvgIpc) is 2.98. The summed E-state index contributed by atoms with van der Waals surface area (Å²) in [6, 6.07) is 3.59. The number of halogens is 5. The van der Waals surface area contributed by atoms with E-state index in [4.69, 9.17) is 0 Å². The molecule has 5 nitrogen and oxygen atoms in total. The molecular formula is C14H10BrF4N3O2S. The predicted octanol–water partition coefficient (Wildman–Crippen LogP) is 3.82. The van der Waals surface area contributed by atoms with Gasteiger partial charge >= 0.3 is 6.18 Å². The number of aromatic nitrogens is 1. The summed E-state index contributed by atoms with van der Waals surface area (Å²) >= 11 is 3.76. The van der Waals surface area contributed by atoms with Crippen LogP contribution in [-0.2, 0) is 11.0 Å². The van der Waals surface area contributed by atoms with E-state index in [1.54, 1.807) is 0 Å². The summed E-state index contributed by atoms with van der Waals surface area (Å²) in [5, 5.41) is 5.24. The first kappa shape index (κ1) is 19.3. The molecule has 0 saturated heterocycles. The largest absolute Gasteiger partial charge is 0.434 e. The highest BCUT2D eigenvalue weighted by Crippen LogP contribution is 2.31. The Kier molecular flexibility index (Phi) is 6.11. The van der Waals surface area contributed by atoms with Gasteiger partial charge in [-0.1, -0.05) is 0 Å². The number of carbonyl (C=O) groups is 2. The topological polar surface area (TPSA) is 71.1 Å². The van der Waals surface area contributed by atoms with Gasteiger partial charge in [-0.3, -0.25) is 9.59 Å². The van der Waals surface area contributed by atoms with Gasteiger partial charge in [0, 0.05) is 22.8 Å². The van der Waals surface area contributed by atoms with Gasteiger partial charge in [0.2, 0.25) is 5.91 Å². The Labute approximate surface area is 151 Å². The highest BCUT2D eigenvalue weighted by Gasteiger charge is 2.33. The first-order chi connectivity index (χ1) is 11.7. The summed E-state index contributed by atoms with van der Waals surface area (Å²) in [7, 11) is 0. The molecule has 0 aliphatic heterocycles. The molecule has 2 aromatic rings. The van der Waals surface area contributed by atoms with E-state index in [2.05, 4.69) is 31.5 Å². The van der Waals surface area contributed by atoms with Crippen LogP contribution < -0.4 is 10.6 Å². The quantitative estimate of drug-likeness (QED) is 0.695. The van der Waals surface area contributed by atoms with Crippen LogP contribution in [0.2, 0.25) is 0 Å². The normalized spacial score (nSPS) is 11.2. The van der Waals surface area contributed by atoms with Crippen molar-refractivity contribution in [3.05, 3.63) is 45.1 Å². The molecule has 0 saturated carbocycles. The zero-order valence-corrected chi connectivity index (χ0v) is 14.7. The van der Waals surface area contributed by atoms with E-state index in [-0.39, 0.29) is 23.7 Å². The Morgan fingerprint density at radius 2 is 2.00 bits per heavy atom. The summed E-state index contributed by atoms with van der Waals surface area (Å²) in [4.78, 5) is 26.8. The van der Waals surface area contributed by atoms with Crippen LogP contribution in [0.1, 0.15) is 22.5 Å². The lowest BCUT2D eigenvalue weighted by Gasteiger charge is -2.07. The van der Waals surface area contributed by atoms with Crippen LogP contribution in [0.3, 0.4) is 0 Å². The molecule has 25 heavy (non-hydrogen) atoms. The molecule has 0 atom stereocenters. The molecule has 1 aromatic carbocycles. The third-order valence-corrected chi connectivity index (χ3v) is 4.30. The van der Waals surface area contributed by atoms with Gasteiger partial charge < -0.3 is 10.6 Å². The van der Waals surface area contributed by atoms with Crippen molar-refractivity contribution in [1.82, 2.24) is 10.3 Å². The summed E-state index contributed by atoms with van der Waals surface area (Å²) in [6.45, 7) is -0.0783. The highest BCUT2D eigenvalue weighted by molar-refractivity contribution is 9.10. The molecular weight excluding hydrogens is 430 g/mol. The molecule has 0 aliphatic rings. The van der Waals surface area contributed by atoms with Gasteiger partial charge in [0.25, 0.3) is 5.91 Å². The Morgan fingerprint density at radius 3 is 2.64 bits per heavy atom. The number of thiazole rings is 1. The second-order valence-corrected chi connectivity index (χ2v) is 6.43. The van der Waals surface area contributed by atoms with E-state index >= 15 is 0 Å². The van der Waals surface area contributed by atoms with Gasteiger partial charge in [0.1, 0.15) is 5.82 Å². The second kappa shape index (κ2) is 7.91. The zero-order chi connectivity index (χ0) is 18.6. The molecule has 0 fully saturated rings. The number of carbonyl (C=O) groups excluding carboxylic acids is 2. The Balaban J connectivity index is 1.83. The van der Waals surface area contributed by atoms with Crippen molar-refractivity contribution >= 4 is 44.2 Å². The third kappa shape index (κ3) is 5.49. The lowest BCUT2D eigenvalue weighted by molar-refractivity contribution is -0.140. The zero-order valence-electron chi connectivity index (χ0n) is 12.3. The number of alkyl halides is 3. The smallest absolute Gasteiger partial charge is 0.351 e. The number of hydrogen-bond acceptors (Lipinski definition) is 4. The summed E-state index contributed by atoms with van der Waals surface area (Å²) in [6.07, 6.45) is -4.76. The van der Waals surface area contributed by atoms with Gasteiger partial charge in [0.15, 0.2) is 10.8 Å². The third-order valence-electron chi connectivity index (χ3n) is 2.85. The van der Waals surface area contributed by atoms with E-state index < -0.39 is 29.5 Å². The molecule has 134 valence electrons. The van der Waals surface area contributed by atoms with Crippen molar-refractivity contribution in [2.24, 2.45) is 0 Å². The van der Waals surface area contributed by atoms with Crippen molar-refractivity contribution in [1.29, 1.82) is 0 Å². The van der Waals surface area contributed by atoms with Crippen molar-refractivity contribution in [2.45, 2.75) is 12.6 Å². The van der Waals surface area contributed by atoms with Crippen LogP contribution in [0.15, 0.2) is 28.1 Å². The van der Waals surface area contributed by atoms with E-state index in [1.165, 1.54) is 12.1 Å². The summed E-state index contributed by atoms with van der Waals surface area (Å²) < 4.78 is 50.7. The Hall–Kier alpha value is -2.01. The lowest BCUT2D eigenvalue weighted by atomic mass is 10.2. The van der Waals surface area contributed by atoms with Gasteiger partial charge in [-0.2, -0.15) is 13.2 Å². The minimum atomic E-state index is -4.58. The SMILES string of the molecule is O=C(CCNC(=O)c1cc(F)ccc1Br)Nc1nc(C(F)(F)F)cs1. The number of nitrogens with one attached hydrogen (secondary N) is 2. The maximum Gasteiger partial charge on any atom is 0.434 e. The first-order valence-electron chi connectivity index (χ1n) is 6.72. The fraction of sp³-hybridized carbons (Fsp3) is 0.214. The highest BCUT2D eigenvalue weighted by atomic mass is 79.9. The molecule has 2 amide bonds. The molecule has 11 heteroatoms. The van der Waals surface area contributed by atoms with E-state index in [1.807, 2.05) is 0 Å². The lowest BCUT2D eigenvalue weighted by Crippen LogP contribution is -2.28. The maximum absolute atomic E-state index is 13.1. The minimum absolute atomic E-state index is 0.0650. The number of amides is 2. The molecule has 1 heterocycles. The average molecular weight is 440 g/mol. The predicted molar refractivity (Wildman–Crippen MR) is 86.8 cm³/mol. The second-order valence-electron chi connectivity index (χ2n) is 4.71. The van der Waals surface area contributed by atoms with Crippen LogP contribution in [0.5, 0.6) is 0 Å². The van der Waals surface area contributed by atoms with Crippen molar-refractivity contribution in [3.8, 4) is 0 Å². The van der Waals surface area contributed by atoms with E-state index in [0.29, 0.717) is 15.8 Å². The van der Waals surface area contributed by atoms with Gasteiger partial charge in [-0.05, 0) is 34.1 Å². The van der Waals surface area contributed by atoms with Gasteiger partial charge in [-0.15, -0.1) is 11.3 Å². The summed E-state index contributed by atoms with van der Waals surface area (Å²) in [5.74, 6) is -1.79. The van der Waals surface area contributed by atoms with Gasteiger partial charge in [-0.25, -0.2) is 9.37 Å². The van der Waals surface area contributed by atoms with Gasteiger partial charge in [0.05, 0.1) is 5.56 Å². The molecule has 0 spiro atoms. The van der Waals surface area contributed by atoms with Crippen LogP contribution >= 0.6 is 27.3 Å². The fourth-order valence-corrected chi connectivity index (χ4v) is 2.86. The fourth-order valence-electron chi connectivity index (χ4n) is 1.70. The van der Waals surface area contributed by atoms with E-state index in [9.17, 15) is 27.2 Å². The number of nitrogens with zero attached hydrogens (tertiary/aromatic N) is 1. The Morgan fingerprint density at radius 1 is 1.28 bits per heavy atom. The molecule has 0 radical (unpaired) electrons. The van der Waals surface area contributed by atoms with Crippen LogP contribution in [0, 0.1) is 5.82 Å². The van der Waals surface area contributed by atoms with Crippen molar-refractivity contribution in [3.63, 3.8) is 0 Å². The van der Waals surface area contributed by atoms with Crippen LogP contribution in [0.25, 0.3) is 0 Å². The Bertz CT molecular complexity index is 795. The number of hydrogen-bond donors (Lipinski definition) is 2. The molecule has 0 aliphatic carbocycles. The van der Waals surface area contributed by atoms with Crippen molar-refractivity contribution in [2.75, 3.05) is 11.9 Å². The molecule has 0 bridgehead atoms. The monoisotopic (exact) mass is 439 g/mol. The number of rotatable bonds is 5. The van der Waals surface area contributed by atoms with E-state index in [0.717, 1.165) is 11.4 Å². The van der Waals surface area contributed by atoms with Crippen molar-refractivity contribution < 1.29 is 27.2 Å². The van der Waals surface area contributed by atoms with Crippen LogP contribution in [0.4, 0.5) is 22.7 Å². The molecule has 2 rings (SSSR count). The number of anilines is 1. The molecule has 2 N–H and O–H groups in total. The molecule has 1 aromatic heterocycles. The number of benzene rings is 1. The van der Waals surface area contributed by atoms with Crippen LogP contribution in [-0.4, -0.2) is 23.3 Å². The summed E-state index contributed by atoms with van der Waals surface area (Å²) in [5.41, 5.74) is -1.02. The first-order valence-corrected chi connectivity index (χ1v) is 8.40. The molecule has 0 unspecified atom stereocenters. The standard InChI is InChI=1S/C14H10BrF4N3O2S/c15-9-2-1-7(16)5-8(9)12(24)20-4-3-11(23)22-13-21-10(6-25-13)14(17,18)19/h1-2,5-6H,3-4H2,(H,20,24)(H,21,22,23).